The molecule has 0 radical (unpaired) electrons. The van der Waals surface area contributed by atoms with E-state index in [1.54, 1.807) is 16.7 Å². The molecular formula is C18H18ClN3O. The Balaban J connectivity index is 2.09. The minimum atomic E-state index is -0.172. The van der Waals surface area contributed by atoms with E-state index in [9.17, 15) is 4.79 Å². The predicted molar refractivity (Wildman–Crippen MR) is 93.4 cm³/mol. The summed E-state index contributed by atoms with van der Waals surface area (Å²) in [6.07, 6.45) is 2.40. The minimum absolute atomic E-state index is 0.172. The number of nitrogens with one attached hydrogen (secondary N) is 1. The standard InChI is InChI=1S/C18H18ClN3O/c1-4-14-17(22-10-13(19)8-9-15(22)20-14)18(23)21-16-11(2)6-5-7-12(16)3/h5-10H,4H2,1-3H3,(H,21,23). The summed E-state index contributed by atoms with van der Waals surface area (Å²) in [6, 6.07) is 9.53. The van der Waals surface area contributed by atoms with Crippen LogP contribution in [0.3, 0.4) is 0 Å². The van der Waals surface area contributed by atoms with Gasteiger partial charge in [-0.3, -0.25) is 9.20 Å². The summed E-state index contributed by atoms with van der Waals surface area (Å²) in [4.78, 5) is 17.4. The van der Waals surface area contributed by atoms with Crippen LogP contribution in [0.1, 0.15) is 34.2 Å². The molecule has 0 unspecified atom stereocenters. The number of hydrogen-bond donors (Lipinski definition) is 1. The maximum atomic E-state index is 12.9. The first-order valence-electron chi connectivity index (χ1n) is 7.55. The third-order valence-electron chi connectivity index (χ3n) is 3.92. The second kappa shape index (κ2) is 6.05. The molecule has 0 fully saturated rings. The summed E-state index contributed by atoms with van der Waals surface area (Å²) >= 11 is 6.08. The Bertz CT molecular complexity index is 878. The Morgan fingerprint density at radius 3 is 2.57 bits per heavy atom. The van der Waals surface area contributed by atoms with Crippen LogP contribution in [-0.2, 0) is 6.42 Å². The van der Waals surface area contributed by atoms with Crippen molar-refractivity contribution in [2.24, 2.45) is 0 Å². The lowest BCUT2D eigenvalue weighted by atomic mass is 10.1. The van der Waals surface area contributed by atoms with Crippen LogP contribution in [0.4, 0.5) is 5.69 Å². The van der Waals surface area contributed by atoms with Crippen LogP contribution in [-0.4, -0.2) is 15.3 Å². The zero-order chi connectivity index (χ0) is 16.6. The van der Waals surface area contributed by atoms with Crippen LogP contribution in [0.5, 0.6) is 0 Å². The number of amides is 1. The number of nitrogens with zero attached hydrogens (tertiary/aromatic N) is 2. The topological polar surface area (TPSA) is 46.4 Å². The largest absolute Gasteiger partial charge is 0.320 e. The number of hydrogen-bond acceptors (Lipinski definition) is 2. The summed E-state index contributed by atoms with van der Waals surface area (Å²) < 4.78 is 1.75. The first-order valence-corrected chi connectivity index (χ1v) is 7.93. The van der Waals surface area contributed by atoms with E-state index >= 15 is 0 Å². The van der Waals surface area contributed by atoms with Gasteiger partial charge in [0.25, 0.3) is 5.91 Å². The summed E-state index contributed by atoms with van der Waals surface area (Å²) in [5.74, 6) is -0.172. The van der Waals surface area contributed by atoms with Gasteiger partial charge in [-0.15, -0.1) is 0 Å². The summed E-state index contributed by atoms with van der Waals surface area (Å²) in [5.41, 5.74) is 4.92. The lowest BCUT2D eigenvalue weighted by molar-refractivity contribution is 0.102. The zero-order valence-corrected chi connectivity index (χ0v) is 14.1. The van der Waals surface area contributed by atoms with Gasteiger partial charge in [0.05, 0.1) is 10.7 Å². The quantitative estimate of drug-likeness (QED) is 0.774. The maximum absolute atomic E-state index is 12.9. The molecule has 0 bridgehead atoms. The molecule has 0 saturated heterocycles. The van der Waals surface area contributed by atoms with E-state index in [2.05, 4.69) is 10.3 Å². The van der Waals surface area contributed by atoms with E-state index in [4.69, 9.17) is 11.6 Å². The number of pyridine rings is 1. The highest BCUT2D eigenvalue weighted by atomic mass is 35.5. The SMILES string of the molecule is CCc1nc2ccc(Cl)cn2c1C(=O)Nc1c(C)cccc1C. The van der Waals surface area contributed by atoms with Gasteiger partial charge in [0.2, 0.25) is 0 Å². The van der Waals surface area contributed by atoms with Gasteiger partial charge in [-0.05, 0) is 43.5 Å². The summed E-state index contributed by atoms with van der Waals surface area (Å²) in [5, 5.41) is 3.59. The van der Waals surface area contributed by atoms with E-state index in [1.165, 1.54) is 0 Å². The van der Waals surface area contributed by atoms with Crippen LogP contribution in [0, 0.1) is 13.8 Å². The normalized spacial score (nSPS) is 11.0. The molecule has 1 N–H and O–H groups in total. The number of aryl methyl sites for hydroxylation is 3. The number of benzene rings is 1. The van der Waals surface area contributed by atoms with E-state index in [0.29, 0.717) is 17.1 Å². The van der Waals surface area contributed by atoms with Crippen molar-refractivity contribution in [3.8, 4) is 0 Å². The van der Waals surface area contributed by atoms with Crippen molar-refractivity contribution in [1.29, 1.82) is 0 Å². The molecule has 0 aliphatic carbocycles. The van der Waals surface area contributed by atoms with E-state index in [1.807, 2.05) is 45.0 Å². The molecule has 0 saturated carbocycles. The third kappa shape index (κ3) is 2.82. The zero-order valence-electron chi connectivity index (χ0n) is 13.4. The molecule has 118 valence electrons. The van der Waals surface area contributed by atoms with Crippen LogP contribution < -0.4 is 5.32 Å². The van der Waals surface area contributed by atoms with Crippen molar-refractivity contribution >= 4 is 28.8 Å². The maximum Gasteiger partial charge on any atom is 0.274 e. The van der Waals surface area contributed by atoms with Crippen LogP contribution in [0.15, 0.2) is 36.5 Å². The second-order valence-electron chi connectivity index (χ2n) is 5.56. The molecule has 0 spiro atoms. The van der Waals surface area contributed by atoms with Crippen LogP contribution in [0.2, 0.25) is 5.02 Å². The molecule has 3 aromatic rings. The number of anilines is 1. The highest BCUT2D eigenvalue weighted by molar-refractivity contribution is 6.30. The molecule has 2 heterocycles. The van der Waals surface area contributed by atoms with Gasteiger partial charge in [0.1, 0.15) is 11.3 Å². The van der Waals surface area contributed by atoms with Gasteiger partial charge < -0.3 is 5.32 Å². The molecule has 1 amide bonds. The Morgan fingerprint density at radius 2 is 1.91 bits per heavy atom. The molecule has 0 atom stereocenters. The molecule has 0 aliphatic rings. The van der Waals surface area contributed by atoms with E-state index < -0.39 is 0 Å². The Hall–Kier alpha value is -2.33. The average Bonchev–Trinajstić information content (AvgIpc) is 2.88. The van der Waals surface area contributed by atoms with E-state index in [0.717, 1.165) is 28.2 Å². The number of halogens is 1. The fraction of sp³-hybridized carbons (Fsp3) is 0.222. The van der Waals surface area contributed by atoms with Gasteiger partial charge in [0, 0.05) is 11.9 Å². The monoisotopic (exact) mass is 327 g/mol. The number of para-hydroxylation sites is 1. The smallest absolute Gasteiger partial charge is 0.274 e. The average molecular weight is 328 g/mol. The number of aromatic nitrogens is 2. The Kier molecular flexibility index (Phi) is 4.09. The van der Waals surface area contributed by atoms with Crippen LogP contribution >= 0.6 is 11.6 Å². The van der Waals surface area contributed by atoms with Crippen molar-refractivity contribution in [2.75, 3.05) is 5.32 Å². The van der Waals surface area contributed by atoms with Crippen molar-refractivity contribution in [1.82, 2.24) is 9.38 Å². The number of imidazole rings is 1. The van der Waals surface area contributed by atoms with Gasteiger partial charge in [-0.2, -0.15) is 0 Å². The van der Waals surface area contributed by atoms with Gasteiger partial charge >= 0.3 is 0 Å². The first-order chi connectivity index (χ1) is 11.0. The van der Waals surface area contributed by atoms with Gasteiger partial charge in [-0.25, -0.2) is 4.98 Å². The molecule has 3 rings (SSSR count). The lowest BCUT2D eigenvalue weighted by Crippen LogP contribution is -2.17. The second-order valence-corrected chi connectivity index (χ2v) is 5.99. The number of carbonyl (C=O) groups excluding carboxylic acids is 1. The van der Waals surface area contributed by atoms with E-state index in [-0.39, 0.29) is 5.91 Å². The van der Waals surface area contributed by atoms with Gasteiger partial charge in [0.15, 0.2) is 0 Å². The number of carbonyl (C=O) groups is 1. The molecule has 0 aliphatic heterocycles. The minimum Gasteiger partial charge on any atom is -0.320 e. The third-order valence-corrected chi connectivity index (χ3v) is 4.15. The lowest BCUT2D eigenvalue weighted by Gasteiger charge is -2.12. The fourth-order valence-electron chi connectivity index (χ4n) is 2.74. The highest BCUT2D eigenvalue weighted by Crippen LogP contribution is 2.22. The Labute approximate surface area is 140 Å². The molecular weight excluding hydrogens is 310 g/mol. The molecule has 2 aromatic heterocycles. The molecule has 23 heavy (non-hydrogen) atoms. The molecule has 5 heteroatoms. The number of fused-ring (bicyclic) bond motifs is 1. The van der Waals surface area contributed by atoms with Crippen molar-refractivity contribution < 1.29 is 4.79 Å². The first kappa shape index (κ1) is 15.6. The Morgan fingerprint density at radius 1 is 1.22 bits per heavy atom. The highest BCUT2D eigenvalue weighted by Gasteiger charge is 2.19. The van der Waals surface area contributed by atoms with Crippen LogP contribution in [0.25, 0.3) is 5.65 Å². The summed E-state index contributed by atoms with van der Waals surface area (Å²) in [6.45, 7) is 5.95. The fourth-order valence-corrected chi connectivity index (χ4v) is 2.90. The summed E-state index contributed by atoms with van der Waals surface area (Å²) in [7, 11) is 0. The van der Waals surface area contributed by atoms with Crippen molar-refractivity contribution in [2.45, 2.75) is 27.2 Å². The number of rotatable bonds is 3. The van der Waals surface area contributed by atoms with Crippen molar-refractivity contribution in [3.63, 3.8) is 0 Å². The molecule has 4 nitrogen and oxygen atoms in total. The molecule has 1 aromatic carbocycles. The van der Waals surface area contributed by atoms with Gasteiger partial charge in [-0.1, -0.05) is 36.7 Å². The predicted octanol–water partition coefficient (Wildman–Crippen LogP) is 4.42. The van der Waals surface area contributed by atoms with Crippen molar-refractivity contribution in [3.05, 3.63) is 64.1 Å².